The van der Waals surface area contributed by atoms with Crippen molar-refractivity contribution in [1.29, 1.82) is 0 Å². The second kappa shape index (κ2) is 8.22. The first kappa shape index (κ1) is 20.6. The summed E-state index contributed by atoms with van der Waals surface area (Å²) in [6, 6.07) is 8.75. The third-order valence-electron chi connectivity index (χ3n) is 6.58. The second-order valence-electron chi connectivity index (χ2n) is 8.45. The predicted octanol–water partition coefficient (Wildman–Crippen LogP) is 2.55. The van der Waals surface area contributed by atoms with E-state index in [-0.39, 0.29) is 11.2 Å². The van der Waals surface area contributed by atoms with Gasteiger partial charge in [0.05, 0.1) is 6.54 Å². The fraction of sp³-hybridized carbons (Fsp3) is 0.522. The van der Waals surface area contributed by atoms with Gasteiger partial charge in [0.1, 0.15) is 5.82 Å². The molecule has 7 heteroatoms. The van der Waals surface area contributed by atoms with Crippen molar-refractivity contribution in [2.45, 2.75) is 58.7 Å². The van der Waals surface area contributed by atoms with E-state index in [1.807, 2.05) is 16.7 Å². The van der Waals surface area contributed by atoms with Crippen molar-refractivity contribution in [2.24, 2.45) is 14.1 Å². The number of aryl methyl sites for hydroxylation is 2. The molecule has 1 unspecified atom stereocenters. The van der Waals surface area contributed by atoms with Crippen molar-refractivity contribution < 1.29 is 0 Å². The molecule has 1 saturated heterocycles. The van der Waals surface area contributed by atoms with Crippen molar-refractivity contribution in [3.63, 3.8) is 0 Å². The number of hydrogen-bond acceptors (Lipinski definition) is 4. The lowest BCUT2D eigenvalue weighted by Gasteiger charge is -2.34. The molecule has 4 rings (SSSR count). The summed E-state index contributed by atoms with van der Waals surface area (Å²) in [5, 5.41) is 0. The number of aromatic nitrogens is 4. The van der Waals surface area contributed by atoms with Crippen LogP contribution in [0.15, 0.2) is 33.9 Å². The average molecular weight is 410 g/mol. The highest BCUT2D eigenvalue weighted by atomic mass is 16.2. The molecular formula is C23H31N5O2. The number of fused-ring (bicyclic) bond motifs is 1. The number of hydrogen-bond donors (Lipinski definition) is 0. The number of piperidine rings is 1. The third kappa shape index (κ3) is 3.51. The first-order chi connectivity index (χ1) is 14.4. The van der Waals surface area contributed by atoms with Gasteiger partial charge in [-0.15, -0.1) is 0 Å². The summed E-state index contributed by atoms with van der Waals surface area (Å²) in [6.45, 7) is 6.62. The minimum atomic E-state index is -0.344. The van der Waals surface area contributed by atoms with Crippen molar-refractivity contribution in [2.75, 3.05) is 6.54 Å². The van der Waals surface area contributed by atoms with Crippen LogP contribution in [0.4, 0.5) is 0 Å². The van der Waals surface area contributed by atoms with Crippen molar-refractivity contribution in [3.8, 4) is 0 Å². The van der Waals surface area contributed by atoms with E-state index in [0.717, 1.165) is 24.4 Å². The molecule has 1 aliphatic heterocycles. The van der Waals surface area contributed by atoms with Gasteiger partial charge in [-0.1, -0.05) is 37.6 Å². The Balaban J connectivity index is 1.89. The number of nitrogens with zero attached hydrogens (tertiary/aromatic N) is 5. The third-order valence-corrected chi connectivity index (χ3v) is 6.58. The highest BCUT2D eigenvalue weighted by Crippen LogP contribution is 2.23. The first-order valence-electron chi connectivity index (χ1n) is 10.9. The Kier molecular flexibility index (Phi) is 5.64. The van der Waals surface area contributed by atoms with E-state index in [9.17, 15) is 9.59 Å². The van der Waals surface area contributed by atoms with Crippen LogP contribution in [-0.2, 0) is 27.2 Å². The van der Waals surface area contributed by atoms with E-state index in [2.05, 4.69) is 30.9 Å². The minimum absolute atomic E-state index is 0.286. The molecule has 0 radical (unpaired) electrons. The Hall–Kier alpha value is -2.67. The summed E-state index contributed by atoms with van der Waals surface area (Å²) in [6.07, 6.45) is 4.77. The highest BCUT2D eigenvalue weighted by Gasteiger charge is 2.25. The molecule has 3 heterocycles. The Morgan fingerprint density at radius 3 is 2.57 bits per heavy atom. The lowest BCUT2D eigenvalue weighted by Crippen LogP contribution is -2.39. The normalized spacial score (nSPS) is 17.7. The van der Waals surface area contributed by atoms with Gasteiger partial charge in [0.25, 0.3) is 5.56 Å². The van der Waals surface area contributed by atoms with Gasteiger partial charge in [0.15, 0.2) is 11.2 Å². The quantitative estimate of drug-likeness (QED) is 0.650. The van der Waals surface area contributed by atoms with Gasteiger partial charge >= 0.3 is 5.69 Å². The molecule has 0 saturated carbocycles. The lowest BCUT2D eigenvalue weighted by atomic mass is 10.00. The Bertz CT molecular complexity index is 1190. The molecule has 1 aromatic carbocycles. The van der Waals surface area contributed by atoms with Crippen LogP contribution in [0.1, 0.15) is 49.6 Å². The van der Waals surface area contributed by atoms with Crippen LogP contribution in [0.2, 0.25) is 0 Å². The van der Waals surface area contributed by atoms with Gasteiger partial charge in [-0.3, -0.25) is 18.8 Å². The standard InChI is InChI=1S/C23H31N5O2/c1-5-18-12-8-9-13-27(18)15-19-24-21-20(22(29)26(4)23(30)25(21)3)28(19)14-17-11-7-6-10-16(17)2/h6-7,10-11,18H,5,8-9,12-15H2,1-4H3. The van der Waals surface area contributed by atoms with E-state index >= 15 is 0 Å². The Morgan fingerprint density at radius 1 is 1.07 bits per heavy atom. The summed E-state index contributed by atoms with van der Waals surface area (Å²) < 4.78 is 4.70. The molecule has 0 N–H and O–H groups in total. The molecule has 7 nitrogen and oxygen atoms in total. The van der Waals surface area contributed by atoms with Gasteiger partial charge in [0, 0.05) is 26.7 Å². The molecule has 0 amide bonds. The van der Waals surface area contributed by atoms with Gasteiger partial charge in [-0.25, -0.2) is 9.78 Å². The van der Waals surface area contributed by atoms with Crippen LogP contribution in [-0.4, -0.2) is 36.2 Å². The maximum atomic E-state index is 13.1. The van der Waals surface area contributed by atoms with Gasteiger partial charge in [-0.2, -0.15) is 0 Å². The van der Waals surface area contributed by atoms with E-state index in [1.54, 1.807) is 7.05 Å². The molecule has 0 spiro atoms. The first-order valence-corrected chi connectivity index (χ1v) is 10.9. The van der Waals surface area contributed by atoms with Crippen LogP contribution in [0.5, 0.6) is 0 Å². The zero-order valence-electron chi connectivity index (χ0n) is 18.4. The van der Waals surface area contributed by atoms with Crippen molar-refractivity contribution >= 4 is 11.2 Å². The van der Waals surface area contributed by atoms with E-state index in [0.29, 0.717) is 30.3 Å². The van der Waals surface area contributed by atoms with Crippen LogP contribution in [0.25, 0.3) is 11.2 Å². The molecule has 1 fully saturated rings. The molecule has 0 aliphatic carbocycles. The Morgan fingerprint density at radius 2 is 1.83 bits per heavy atom. The smallest absolute Gasteiger partial charge is 0.317 e. The summed E-state index contributed by atoms with van der Waals surface area (Å²) in [5.41, 5.74) is 2.67. The van der Waals surface area contributed by atoms with Crippen molar-refractivity contribution in [3.05, 3.63) is 62.1 Å². The van der Waals surface area contributed by atoms with Crippen LogP contribution in [0.3, 0.4) is 0 Å². The van der Waals surface area contributed by atoms with Crippen LogP contribution in [0, 0.1) is 6.92 Å². The lowest BCUT2D eigenvalue weighted by molar-refractivity contribution is 0.131. The summed E-state index contributed by atoms with van der Waals surface area (Å²) in [7, 11) is 3.22. The summed E-state index contributed by atoms with van der Waals surface area (Å²) in [4.78, 5) is 32.9. The SMILES string of the molecule is CCC1CCCCN1Cc1nc2c(c(=O)n(C)c(=O)n2C)n1Cc1ccccc1C. The number of rotatable bonds is 5. The fourth-order valence-corrected chi connectivity index (χ4v) is 4.65. The molecule has 0 bridgehead atoms. The molecule has 2 aromatic heterocycles. The molecule has 30 heavy (non-hydrogen) atoms. The van der Waals surface area contributed by atoms with Gasteiger partial charge < -0.3 is 4.57 Å². The predicted molar refractivity (Wildman–Crippen MR) is 119 cm³/mol. The van der Waals surface area contributed by atoms with Crippen LogP contribution >= 0.6 is 0 Å². The minimum Gasteiger partial charge on any atom is -0.317 e. The number of likely N-dealkylation sites (tertiary alicyclic amines) is 1. The zero-order valence-corrected chi connectivity index (χ0v) is 18.4. The molecule has 1 atom stereocenters. The van der Waals surface area contributed by atoms with E-state index in [1.165, 1.54) is 41.0 Å². The number of imidazole rings is 1. The summed E-state index contributed by atoms with van der Waals surface area (Å²) in [5.74, 6) is 0.854. The highest BCUT2D eigenvalue weighted by molar-refractivity contribution is 5.71. The zero-order chi connectivity index (χ0) is 21.4. The molecular weight excluding hydrogens is 378 g/mol. The van der Waals surface area contributed by atoms with Gasteiger partial charge in [-0.05, 0) is 43.9 Å². The van der Waals surface area contributed by atoms with E-state index in [4.69, 9.17) is 4.98 Å². The van der Waals surface area contributed by atoms with Crippen LogP contribution < -0.4 is 11.2 Å². The van der Waals surface area contributed by atoms with Crippen molar-refractivity contribution in [1.82, 2.24) is 23.6 Å². The number of benzene rings is 1. The van der Waals surface area contributed by atoms with Gasteiger partial charge in [0.2, 0.25) is 0 Å². The van der Waals surface area contributed by atoms with E-state index < -0.39 is 0 Å². The average Bonchev–Trinajstić information content (AvgIpc) is 3.10. The second-order valence-corrected chi connectivity index (χ2v) is 8.45. The Labute approximate surface area is 176 Å². The topological polar surface area (TPSA) is 65.1 Å². The molecule has 160 valence electrons. The summed E-state index contributed by atoms with van der Waals surface area (Å²) >= 11 is 0. The maximum Gasteiger partial charge on any atom is 0.332 e. The molecule has 3 aromatic rings. The monoisotopic (exact) mass is 409 g/mol. The maximum absolute atomic E-state index is 13.1. The largest absolute Gasteiger partial charge is 0.332 e. The molecule has 1 aliphatic rings. The fourth-order valence-electron chi connectivity index (χ4n) is 4.65.